The molecule has 0 radical (unpaired) electrons. The zero-order valence-corrected chi connectivity index (χ0v) is 8.19. The number of nitrogens with two attached hydrogens (primary N) is 1. The van der Waals surface area contributed by atoms with Crippen LogP contribution in [0.1, 0.15) is 25.5 Å². The van der Waals surface area contributed by atoms with Crippen molar-refractivity contribution in [2.45, 2.75) is 32.4 Å². The second-order valence-electron chi connectivity index (χ2n) is 3.09. The molecule has 0 saturated heterocycles. The molecule has 1 amide bonds. The quantitative estimate of drug-likeness (QED) is 0.716. The average Bonchev–Trinajstić information content (AvgIpc) is 2.67. The summed E-state index contributed by atoms with van der Waals surface area (Å²) in [7, 11) is 0. The van der Waals surface area contributed by atoms with Crippen molar-refractivity contribution in [3.05, 3.63) is 18.0 Å². The van der Waals surface area contributed by atoms with Crippen LogP contribution in [-0.4, -0.2) is 17.1 Å². The van der Waals surface area contributed by atoms with E-state index in [2.05, 4.69) is 10.5 Å². The lowest BCUT2D eigenvalue weighted by Crippen LogP contribution is -2.39. The molecule has 1 heterocycles. The molecule has 0 spiro atoms. The Hall–Kier alpha value is -1.36. The van der Waals surface area contributed by atoms with Gasteiger partial charge in [-0.15, -0.1) is 0 Å². The van der Waals surface area contributed by atoms with E-state index in [1.165, 1.54) is 6.20 Å². The predicted octanol–water partition coefficient (Wildman–Crippen LogP) is 0.418. The minimum absolute atomic E-state index is 0.150. The summed E-state index contributed by atoms with van der Waals surface area (Å²) in [5.74, 6) is 0.477. The van der Waals surface area contributed by atoms with Crippen molar-refractivity contribution < 1.29 is 9.32 Å². The first kappa shape index (κ1) is 10.7. The van der Waals surface area contributed by atoms with Crippen molar-refractivity contribution in [2.24, 2.45) is 5.73 Å². The SMILES string of the molecule is CCC[C@H](N)C(=O)NCc1ccno1. The number of hydrogen-bond acceptors (Lipinski definition) is 4. The first-order valence-electron chi connectivity index (χ1n) is 4.67. The van der Waals surface area contributed by atoms with Gasteiger partial charge in [-0.2, -0.15) is 0 Å². The van der Waals surface area contributed by atoms with Crippen LogP contribution in [0.25, 0.3) is 0 Å². The maximum atomic E-state index is 11.3. The van der Waals surface area contributed by atoms with Crippen molar-refractivity contribution >= 4 is 5.91 Å². The summed E-state index contributed by atoms with van der Waals surface area (Å²) in [5.41, 5.74) is 5.61. The van der Waals surface area contributed by atoms with Crippen molar-refractivity contribution in [3.63, 3.8) is 0 Å². The lowest BCUT2D eigenvalue weighted by atomic mass is 10.2. The molecule has 0 fully saturated rings. The summed E-state index contributed by atoms with van der Waals surface area (Å²) >= 11 is 0. The number of carbonyl (C=O) groups excluding carboxylic acids is 1. The summed E-state index contributed by atoms with van der Waals surface area (Å²) in [6.45, 7) is 2.33. The number of aromatic nitrogens is 1. The fourth-order valence-corrected chi connectivity index (χ4v) is 1.08. The van der Waals surface area contributed by atoms with Gasteiger partial charge >= 0.3 is 0 Å². The maximum Gasteiger partial charge on any atom is 0.237 e. The molecule has 0 unspecified atom stereocenters. The molecule has 0 saturated carbocycles. The Morgan fingerprint density at radius 2 is 2.57 bits per heavy atom. The van der Waals surface area contributed by atoms with Crippen molar-refractivity contribution in [3.8, 4) is 0 Å². The number of nitrogens with zero attached hydrogens (tertiary/aromatic N) is 1. The number of hydrogen-bond donors (Lipinski definition) is 2. The third-order valence-corrected chi connectivity index (χ3v) is 1.86. The highest BCUT2D eigenvalue weighted by Crippen LogP contribution is 1.97. The van der Waals surface area contributed by atoms with Gasteiger partial charge in [-0.1, -0.05) is 18.5 Å². The Bertz CT molecular complexity index is 272. The van der Waals surface area contributed by atoms with E-state index in [0.717, 1.165) is 6.42 Å². The van der Waals surface area contributed by atoms with E-state index in [-0.39, 0.29) is 5.91 Å². The predicted molar refractivity (Wildman–Crippen MR) is 51.2 cm³/mol. The largest absolute Gasteiger partial charge is 0.360 e. The van der Waals surface area contributed by atoms with Crippen LogP contribution in [0.3, 0.4) is 0 Å². The average molecular weight is 197 g/mol. The highest BCUT2D eigenvalue weighted by molar-refractivity contribution is 5.81. The molecule has 1 atom stereocenters. The summed E-state index contributed by atoms with van der Waals surface area (Å²) in [6, 6.07) is 1.27. The molecule has 1 aromatic heterocycles. The van der Waals surface area contributed by atoms with Crippen LogP contribution in [0.2, 0.25) is 0 Å². The fraction of sp³-hybridized carbons (Fsp3) is 0.556. The summed E-state index contributed by atoms with van der Waals surface area (Å²) in [4.78, 5) is 11.3. The molecule has 78 valence electrons. The minimum Gasteiger partial charge on any atom is -0.360 e. The zero-order valence-electron chi connectivity index (χ0n) is 8.19. The van der Waals surface area contributed by atoms with Gasteiger partial charge in [0.25, 0.3) is 0 Å². The molecule has 0 aliphatic rings. The highest BCUT2D eigenvalue weighted by Gasteiger charge is 2.11. The molecule has 14 heavy (non-hydrogen) atoms. The van der Waals surface area contributed by atoms with Gasteiger partial charge in [0.15, 0.2) is 5.76 Å². The van der Waals surface area contributed by atoms with E-state index in [9.17, 15) is 4.79 Å². The van der Waals surface area contributed by atoms with Crippen LogP contribution in [0, 0.1) is 0 Å². The third-order valence-electron chi connectivity index (χ3n) is 1.86. The molecular weight excluding hydrogens is 182 g/mol. The van der Waals surface area contributed by atoms with Crippen LogP contribution in [-0.2, 0) is 11.3 Å². The van der Waals surface area contributed by atoms with Crippen LogP contribution >= 0.6 is 0 Å². The normalized spacial score (nSPS) is 12.4. The summed E-state index contributed by atoms with van der Waals surface area (Å²) in [6.07, 6.45) is 3.13. The standard InChI is InChI=1S/C9H15N3O2/c1-2-3-8(10)9(13)11-6-7-4-5-12-14-7/h4-5,8H,2-3,6,10H2,1H3,(H,11,13)/t8-/m0/s1. The van der Waals surface area contributed by atoms with Crippen LogP contribution in [0.4, 0.5) is 0 Å². The molecule has 1 aromatic rings. The van der Waals surface area contributed by atoms with Crippen molar-refractivity contribution in [1.29, 1.82) is 0 Å². The van der Waals surface area contributed by atoms with Gasteiger partial charge in [0.05, 0.1) is 18.8 Å². The highest BCUT2D eigenvalue weighted by atomic mass is 16.5. The number of rotatable bonds is 5. The minimum atomic E-state index is -0.428. The van der Waals surface area contributed by atoms with Crippen LogP contribution < -0.4 is 11.1 Å². The van der Waals surface area contributed by atoms with Crippen molar-refractivity contribution in [2.75, 3.05) is 0 Å². The topological polar surface area (TPSA) is 81.2 Å². The molecule has 5 heteroatoms. The Balaban J connectivity index is 2.27. The lowest BCUT2D eigenvalue weighted by Gasteiger charge is -2.09. The fourth-order valence-electron chi connectivity index (χ4n) is 1.08. The molecule has 0 aromatic carbocycles. The van der Waals surface area contributed by atoms with E-state index in [0.29, 0.717) is 18.7 Å². The lowest BCUT2D eigenvalue weighted by molar-refractivity contribution is -0.122. The Morgan fingerprint density at radius 3 is 3.14 bits per heavy atom. The first-order chi connectivity index (χ1) is 6.74. The third kappa shape index (κ3) is 3.18. The van der Waals surface area contributed by atoms with Gasteiger partial charge in [-0.25, -0.2) is 0 Å². The molecule has 0 aliphatic carbocycles. The van der Waals surface area contributed by atoms with Crippen LogP contribution in [0.5, 0.6) is 0 Å². The molecule has 3 N–H and O–H groups in total. The molecular formula is C9H15N3O2. The van der Waals surface area contributed by atoms with Gasteiger partial charge in [0, 0.05) is 6.07 Å². The van der Waals surface area contributed by atoms with E-state index < -0.39 is 6.04 Å². The van der Waals surface area contributed by atoms with Gasteiger partial charge in [-0.05, 0) is 6.42 Å². The zero-order chi connectivity index (χ0) is 10.4. The van der Waals surface area contributed by atoms with Gasteiger partial charge in [0.2, 0.25) is 5.91 Å². The maximum absolute atomic E-state index is 11.3. The Labute approximate surface area is 82.6 Å². The number of amides is 1. The van der Waals surface area contributed by atoms with Crippen LogP contribution in [0.15, 0.2) is 16.8 Å². The Morgan fingerprint density at radius 1 is 1.79 bits per heavy atom. The molecule has 0 bridgehead atoms. The second kappa shape index (κ2) is 5.39. The van der Waals surface area contributed by atoms with E-state index >= 15 is 0 Å². The monoisotopic (exact) mass is 197 g/mol. The first-order valence-corrected chi connectivity index (χ1v) is 4.67. The van der Waals surface area contributed by atoms with Gasteiger partial charge in [0.1, 0.15) is 0 Å². The Kier molecular flexibility index (Phi) is 4.12. The van der Waals surface area contributed by atoms with E-state index in [1.807, 2.05) is 6.92 Å². The number of carbonyl (C=O) groups is 1. The molecule has 1 rings (SSSR count). The van der Waals surface area contributed by atoms with Gasteiger partial charge < -0.3 is 15.6 Å². The molecule has 5 nitrogen and oxygen atoms in total. The second-order valence-corrected chi connectivity index (χ2v) is 3.09. The van der Waals surface area contributed by atoms with Crippen molar-refractivity contribution in [1.82, 2.24) is 10.5 Å². The smallest absolute Gasteiger partial charge is 0.237 e. The number of nitrogens with one attached hydrogen (secondary N) is 1. The van der Waals surface area contributed by atoms with Gasteiger partial charge in [-0.3, -0.25) is 4.79 Å². The summed E-state index contributed by atoms with van der Waals surface area (Å²) < 4.78 is 4.82. The molecule has 0 aliphatic heterocycles. The van der Waals surface area contributed by atoms with E-state index in [4.69, 9.17) is 10.3 Å². The van der Waals surface area contributed by atoms with E-state index in [1.54, 1.807) is 6.07 Å². The summed E-state index contributed by atoms with van der Waals surface area (Å²) in [5, 5.41) is 6.20.